The van der Waals surface area contributed by atoms with Crippen LogP contribution >= 0.6 is 11.6 Å². The van der Waals surface area contributed by atoms with E-state index < -0.39 is 28.5 Å². The van der Waals surface area contributed by atoms with E-state index in [1.807, 2.05) is 0 Å². The molecule has 0 fully saturated rings. The van der Waals surface area contributed by atoms with Gasteiger partial charge >= 0.3 is 5.97 Å². The molecule has 0 aromatic heterocycles. The normalized spacial score (nSPS) is 11.3. The summed E-state index contributed by atoms with van der Waals surface area (Å²) in [5.74, 6) is -1.22. The van der Waals surface area contributed by atoms with E-state index in [0.29, 0.717) is 0 Å². The van der Waals surface area contributed by atoms with Crippen molar-refractivity contribution in [1.29, 1.82) is 0 Å². The predicted molar refractivity (Wildman–Crippen MR) is 77.6 cm³/mol. The fourth-order valence-corrected chi connectivity index (χ4v) is 2.42. The first-order valence-corrected chi connectivity index (χ1v) is 7.61. The van der Waals surface area contributed by atoms with Gasteiger partial charge in [-0.2, -0.15) is 0 Å². The topological polar surface area (TPSA) is 92.8 Å². The molecule has 0 bridgehead atoms. The number of halogens is 1. The molecule has 0 aliphatic rings. The second-order valence-electron chi connectivity index (χ2n) is 4.26. The Labute approximate surface area is 127 Å². The highest BCUT2D eigenvalue weighted by Gasteiger charge is 2.19. The summed E-state index contributed by atoms with van der Waals surface area (Å²) in [5.41, 5.74) is 0.122. The smallest absolute Gasteiger partial charge is 0.303 e. The van der Waals surface area contributed by atoms with Gasteiger partial charge in [-0.25, -0.2) is 12.7 Å². The van der Waals surface area contributed by atoms with Crippen LogP contribution < -0.4 is 5.32 Å². The van der Waals surface area contributed by atoms with Crippen LogP contribution in [0.3, 0.4) is 0 Å². The molecule has 0 unspecified atom stereocenters. The Balaban J connectivity index is 2.99. The average molecular weight is 335 g/mol. The van der Waals surface area contributed by atoms with Gasteiger partial charge in [0.1, 0.15) is 0 Å². The van der Waals surface area contributed by atoms with E-state index in [2.05, 4.69) is 10.1 Å². The minimum atomic E-state index is -3.64. The maximum absolute atomic E-state index is 12.0. The van der Waals surface area contributed by atoms with Crippen LogP contribution in [0.2, 0.25) is 5.02 Å². The lowest BCUT2D eigenvalue weighted by Crippen LogP contribution is -2.23. The summed E-state index contributed by atoms with van der Waals surface area (Å²) in [7, 11) is -0.856. The number of carbonyl (C=O) groups excluding carboxylic acids is 2. The molecule has 0 atom stereocenters. The summed E-state index contributed by atoms with van der Waals surface area (Å²) in [6.07, 6.45) is 0. The first-order chi connectivity index (χ1) is 9.64. The number of rotatable bonds is 5. The fraction of sp³-hybridized carbons (Fsp3) is 0.333. The van der Waals surface area contributed by atoms with Crippen LogP contribution in [0, 0.1) is 0 Å². The van der Waals surface area contributed by atoms with Crippen molar-refractivity contribution in [3.63, 3.8) is 0 Å². The lowest BCUT2D eigenvalue weighted by Gasteiger charge is -2.13. The van der Waals surface area contributed by atoms with Gasteiger partial charge in [0.25, 0.3) is 5.91 Å². The van der Waals surface area contributed by atoms with Gasteiger partial charge in [0, 0.05) is 21.0 Å². The standard InChI is InChI=1S/C12H15ClN2O5S/c1-8(16)20-7-12(17)14-11-6-9(4-5-10(11)13)21(18,19)15(2)3/h4-6H,7H2,1-3H3,(H,14,17). The van der Waals surface area contributed by atoms with E-state index in [1.54, 1.807) is 0 Å². The Bertz CT molecular complexity index is 658. The molecule has 1 amide bonds. The van der Waals surface area contributed by atoms with Crippen molar-refractivity contribution < 1.29 is 22.7 Å². The number of carbonyl (C=O) groups is 2. The number of amides is 1. The lowest BCUT2D eigenvalue weighted by atomic mass is 10.3. The van der Waals surface area contributed by atoms with Gasteiger partial charge in [-0.1, -0.05) is 11.6 Å². The van der Waals surface area contributed by atoms with E-state index in [4.69, 9.17) is 11.6 Å². The first kappa shape index (κ1) is 17.4. The van der Waals surface area contributed by atoms with Gasteiger partial charge in [0.2, 0.25) is 10.0 Å². The highest BCUT2D eigenvalue weighted by atomic mass is 35.5. The second-order valence-corrected chi connectivity index (χ2v) is 6.82. The van der Waals surface area contributed by atoms with Crippen LogP contribution in [0.1, 0.15) is 6.92 Å². The van der Waals surface area contributed by atoms with Gasteiger partial charge in [0.15, 0.2) is 6.61 Å². The van der Waals surface area contributed by atoms with Gasteiger partial charge in [-0.15, -0.1) is 0 Å². The Morgan fingerprint density at radius 3 is 2.48 bits per heavy atom. The SMILES string of the molecule is CC(=O)OCC(=O)Nc1cc(S(=O)(=O)N(C)C)ccc1Cl. The Kier molecular flexibility index (Phi) is 5.70. The van der Waals surface area contributed by atoms with E-state index in [-0.39, 0.29) is 15.6 Å². The van der Waals surface area contributed by atoms with E-state index >= 15 is 0 Å². The van der Waals surface area contributed by atoms with Crippen LogP contribution in [0.25, 0.3) is 0 Å². The highest BCUT2D eigenvalue weighted by molar-refractivity contribution is 7.89. The van der Waals surface area contributed by atoms with Crippen molar-refractivity contribution in [2.24, 2.45) is 0 Å². The Morgan fingerprint density at radius 1 is 1.33 bits per heavy atom. The van der Waals surface area contributed by atoms with Crippen molar-refractivity contribution in [3.8, 4) is 0 Å². The molecule has 1 rings (SSSR count). The summed E-state index contributed by atoms with van der Waals surface area (Å²) < 4.78 is 29.6. The second kappa shape index (κ2) is 6.88. The van der Waals surface area contributed by atoms with Crippen molar-refractivity contribution in [2.75, 3.05) is 26.0 Å². The molecular weight excluding hydrogens is 320 g/mol. The molecule has 1 aromatic rings. The number of nitrogens with zero attached hydrogens (tertiary/aromatic N) is 1. The van der Waals surface area contributed by atoms with Crippen LogP contribution in [0.15, 0.2) is 23.1 Å². The molecule has 0 spiro atoms. The molecule has 0 heterocycles. The number of sulfonamides is 1. The molecule has 7 nitrogen and oxygen atoms in total. The minimum Gasteiger partial charge on any atom is -0.456 e. The summed E-state index contributed by atoms with van der Waals surface area (Å²) in [4.78, 5) is 22.2. The Morgan fingerprint density at radius 2 is 1.95 bits per heavy atom. The van der Waals surface area contributed by atoms with Crippen molar-refractivity contribution in [2.45, 2.75) is 11.8 Å². The van der Waals surface area contributed by atoms with Crippen LogP contribution in [-0.2, 0) is 24.3 Å². The molecule has 0 radical (unpaired) electrons. The Hall–Kier alpha value is -1.64. The molecule has 21 heavy (non-hydrogen) atoms. The average Bonchev–Trinajstić information content (AvgIpc) is 2.38. The lowest BCUT2D eigenvalue weighted by molar-refractivity contribution is -0.144. The van der Waals surface area contributed by atoms with Gasteiger partial charge < -0.3 is 10.1 Å². The van der Waals surface area contributed by atoms with Crippen molar-refractivity contribution in [3.05, 3.63) is 23.2 Å². The maximum atomic E-state index is 12.0. The number of benzene rings is 1. The van der Waals surface area contributed by atoms with E-state index in [0.717, 1.165) is 4.31 Å². The van der Waals surface area contributed by atoms with Gasteiger partial charge in [-0.3, -0.25) is 9.59 Å². The van der Waals surface area contributed by atoms with Crippen molar-refractivity contribution >= 4 is 39.2 Å². The third-order valence-electron chi connectivity index (χ3n) is 2.40. The molecule has 0 saturated carbocycles. The summed E-state index contributed by atoms with van der Waals surface area (Å²) in [6, 6.07) is 3.93. The monoisotopic (exact) mass is 334 g/mol. The number of nitrogens with one attached hydrogen (secondary N) is 1. The molecule has 0 aliphatic heterocycles. The highest BCUT2D eigenvalue weighted by Crippen LogP contribution is 2.26. The summed E-state index contributed by atoms with van der Waals surface area (Å²) in [6.45, 7) is 0.695. The molecule has 0 aliphatic carbocycles. The molecule has 1 aromatic carbocycles. The quantitative estimate of drug-likeness (QED) is 0.814. The minimum absolute atomic E-state index is 0.0142. The maximum Gasteiger partial charge on any atom is 0.303 e. The van der Waals surface area contributed by atoms with Crippen LogP contribution in [-0.4, -0.2) is 45.3 Å². The van der Waals surface area contributed by atoms with Crippen molar-refractivity contribution in [1.82, 2.24) is 4.31 Å². The zero-order valence-electron chi connectivity index (χ0n) is 11.7. The molecular formula is C12H15ClN2O5S. The third kappa shape index (κ3) is 4.69. The van der Waals surface area contributed by atoms with E-state index in [9.17, 15) is 18.0 Å². The fourth-order valence-electron chi connectivity index (χ4n) is 1.32. The van der Waals surface area contributed by atoms with Gasteiger partial charge in [-0.05, 0) is 18.2 Å². The number of hydrogen-bond donors (Lipinski definition) is 1. The molecule has 116 valence electrons. The zero-order chi connectivity index (χ0) is 16.2. The number of ether oxygens (including phenoxy) is 1. The zero-order valence-corrected chi connectivity index (χ0v) is 13.3. The third-order valence-corrected chi connectivity index (χ3v) is 4.54. The summed E-state index contributed by atoms with van der Waals surface area (Å²) in [5, 5.41) is 2.56. The molecule has 0 saturated heterocycles. The molecule has 1 N–H and O–H groups in total. The number of esters is 1. The summed E-state index contributed by atoms with van der Waals surface area (Å²) >= 11 is 5.90. The predicted octanol–water partition coefficient (Wildman–Crippen LogP) is 1.09. The van der Waals surface area contributed by atoms with Crippen LogP contribution in [0.5, 0.6) is 0 Å². The number of anilines is 1. The van der Waals surface area contributed by atoms with E-state index in [1.165, 1.54) is 39.2 Å². The van der Waals surface area contributed by atoms with Crippen LogP contribution in [0.4, 0.5) is 5.69 Å². The first-order valence-electron chi connectivity index (χ1n) is 5.80. The molecule has 9 heteroatoms. The van der Waals surface area contributed by atoms with Gasteiger partial charge in [0.05, 0.1) is 15.6 Å². The number of hydrogen-bond acceptors (Lipinski definition) is 5. The largest absolute Gasteiger partial charge is 0.456 e.